The van der Waals surface area contributed by atoms with Gasteiger partial charge in [-0.2, -0.15) is 10.2 Å². The Morgan fingerprint density at radius 1 is 1.05 bits per heavy atom. The molecule has 0 aliphatic heterocycles. The highest BCUT2D eigenvalue weighted by atomic mass is 35.5. The van der Waals surface area contributed by atoms with E-state index in [1.54, 1.807) is 0 Å². The Bertz CT molecular complexity index is 532. The molecule has 2 rings (SSSR count). The van der Waals surface area contributed by atoms with E-state index >= 15 is 0 Å². The van der Waals surface area contributed by atoms with Gasteiger partial charge < -0.3 is 5.32 Å². The quantitative estimate of drug-likeness (QED) is 0.815. The minimum absolute atomic E-state index is 0. The molecule has 2 heterocycles. The highest BCUT2D eigenvalue weighted by molar-refractivity contribution is 5.85. The molecule has 0 spiro atoms. The summed E-state index contributed by atoms with van der Waals surface area (Å²) in [5.41, 5.74) is 3.48. The first-order valence-electron chi connectivity index (χ1n) is 7.49. The van der Waals surface area contributed by atoms with Crippen molar-refractivity contribution in [3.8, 4) is 0 Å². The molecule has 0 radical (unpaired) electrons. The number of halogens is 1. The van der Waals surface area contributed by atoms with E-state index in [-0.39, 0.29) is 12.4 Å². The van der Waals surface area contributed by atoms with Crippen LogP contribution in [0.4, 0.5) is 0 Å². The maximum atomic E-state index is 4.52. The maximum Gasteiger partial charge on any atom is 0.0762 e. The first-order chi connectivity index (χ1) is 9.72. The first kappa shape index (κ1) is 17.7. The predicted molar refractivity (Wildman–Crippen MR) is 87.6 cm³/mol. The molecule has 21 heavy (non-hydrogen) atoms. The zero-order valence-electron chi connectivity index (χ0n) is 13.2. The number of rotatable bonds is 8. The number of nitrogens with zero attached hydrogens (tertiary/aromatic N) is 4. The normalized spacial score (nSPS) is 10.6. The molecule has 0 saturated heterocycles. The Labute approximate surface area is 133 Å². The zero-order chi connectivity index (χ0) is 14.4. The molecule has 6 heteroatoms. The lowest BCUT2D eigenvalue weighted by Gasteiger charge is -2.01. The lowest BCUT2D eigenvalue weighted by Crippen LogP contribution is -2.13. The van der Waals surface area contributed by atoms with Crippen molar-refractivity contribution in [2.24, 2.45) is 0 Å². The van der Waals surface area contributed by atoms with Crippen LogP contribution < -0.4 is 5.32 Å². The summed E-state index contributed by atoms with van der Waals surface area (Å²) in [5, 5.41) is 12.5. The van der Waals surface area contributed by atoms with E-state index in [1.807, 2.05) is 15.6 Å². The Morgan fingerprint density at radius 2 is 1.76 bits per heavy atom. The average Bonchev–Trinajstić information content (AvgIpc) is 2.99. The van der Waals surface area contributed by atoms with Crippen molar-refractivity contribution in [3.05, 3.63) is 35.4 Å². The highest BCUT2D eigenvalue weighted by Crippen LogP contribution is 2.06. The monoisotopic (exact) mass is 311 g/mol. The topological polar surface area (TPSA) is 47.7 Å². The van der Waals surface area contributed by atoms with E-state index < -0.39 is 0 Å². The van der Waals surface area contributed by atoms with Crippen molar-refractivity contribution in [3.63, 3.8) is 0 Å². The largest absolute Gasteiger partial charge is 0.307 e. The van der Waals surface area contributed by atoms with Crippen LogP contribution in [-0.4, -0.2) is 19.6 Å². The summed E-state index contributed by atoms with van der Waals surface area (Å²) >= 11 is 0. The third-order valence-corrected chi connectivity index (χ3v) is 3.27. The van der Waals surface area contributed by atoms with Crippen molar-refractivity contribution in [2.45, 2.75) is 59.8 Å². The predicted octanol–water partition coefficient (Wildman–Crippen LogP) is 2.92. The second kappa shape index (κ2) is 8.85. The fourth-order valence-electron chi connectivity index (χ4n) is 2.25. The van der Waals surface area contributed by atoms with Crippen molar-refractivity contribution < 1.29 is 0 Å². The molecule has 118 valence electrons. The van der Waals surface area contributed by atoms with Gasteiger partial charge in [-0.3, -0.25) is 9.36 Å². The van der Waals surface area contributed by atoms with Crippen LogP contribution >= 0.6 is 12.4 Å². The molecule has 0 bridgehead atoms. The first-order valence-corrected chi connectivity index (χ1v) is 7.49. The third-order valence-electron chi connectivity index (χ3n) is 3.27. The average molecular weight is 312 g/mol. The van der Waals surface area contributed by atoms with Gasteiger partial charge in [-0.25, -0.2) is 0 Å². The van der Waals surface area contributed by atoms with Crippen LogP contribution in [0.2, 0.25) is 0 Å². The number of aromatic nitrogens is 4. The summed E-state index contributed by atoms with van der Waals surface area (Å²) < 4.78 is 4.03. The van der Waals surface area contributed by atoms with Gasteiger partial charge in [-0.15, -0.1) is 12.4 Å². The molecule has 0 unspecified atom stereocenters. The van der Waals surface area contributed by atoms with E-state index in [1.165, 1.54) is 5.56 Å². The lowest BCUT2D eigenvalue weighted by molar-refractivity contribution is 0.581. The summed E-state index contributed by atoms with van der Waals surface area (Å²) in [5.74, 6) is 0. The van der Waals surface area contributed by atoms with Crippen LogP contribution in [-0.2, 0) is 26.2 Å². The highest BCUT2D eigenvalue weighted by Gasteiger charge is 2.04. The standard InChI is InChI=1S/C15H25N5.ClH/c1-4-7-19-9-6-15(18-19)11-16-10-14-12-20(8-5-2)17-13(14)3;/h6,9,12,16H,4-5,7-8,10-11H2,1-3H3;1H. The molecular formula is C15H26ClN5. The third kappa shape index (κ3) is 5.17. The van der Waals surface area contributed by atoms with Gasteiger partial charge in [0.05, 0.1) is 11.4 Å². The molecule has 0 saturated carbocycles. The summed E-state index contributed by atoms with van der Waals surface area (Å²) in [6.45, 7) is 10.0. The van der Waals surface area contributed by atoms with Crippen LogP contribution in [0.25, 0.3) is 0 Å². The zero-order valence-corrected chi connectivity index (χ0v) is 14.0. The number of hydrogen-bond donors (Lipinski definition) is 1. The van der Waals surface area contributed by atoms with Gasteiger partial charge in [0.15, 0.2) is 0 Å². The van der Waals surface area contributed by atoms with E-state index in [0.717, 1.165) is 50.4 Å². The second-order valence-electron chi connectivity index (χ2n) is 5.18. The summed E-state index contributed by atoms with van der Waals surface area (Å²) in [7, 11) is 0. The Morgan fingerprint density at radius 3 is 2.48 bits per heavy atom. The van der Waals surface area contributed by atoms with Crippen LogP contribution in [0.5, 0.6) is 0 Å². The van der Waals surface area contributed by atoms with Gasteiger partial charge in [0, 0.05) is 44.1 Å². The van der Waals surface area contributed by atoms with Gasteiger partial charge in [-0.1, -0.05) is 13.8 Å². The van der Waals surface area contributed by atoms with Crippen molar-refractivity contribution in [1.82, 2.24) is 24.9 Å². The van der Waals surface area contributed by atoms with Crippen molar-refractivity contribution >= 4 is 12.4 Å². The molecule has 0 aliphatic rings. The number of nitrogens with one attached hydrogen (secondary N) is 1. The minimum atomic E-state index is 0. The van der Waals surface area contributed by atoms with Crippen LogP contribution in [0.3, 0.4) is 0 Å². The number of aryl methyl sites for hydroxylation is 3. The van der Waals surface area contributed by atoms with Gasteiger partial charge in [0.25, 0.3) is 0 Å². The molecule has 0 amide bonds. The van der Waals surface area contributed by atoms with Crippen molar-refractivity contribution in [1.29, 1.82) is 0 Å². The van der Waals surface area contributed by atoms with Crippen LogP contribution in [0, 0.1) is 6.92 Å². The van der Waals surface area contributed by atoms with Gasteiger partial charge in [0.2, 0.25) is 0 Å². The molecule has 0 aliphatic carbocycles. The minimum Gasteiger partial charge on any atom is -0.307 e. The molecular weight excluding hydrogens is 286 g/mol. The van der Waals surface area contributed by atoms with Crippen molar-refractivity contribution in [2.75, 3.05) is 0 Å². The van der Waals surface area contributed by atoms with E-state index in [9.17, 15) is 0 Å². The van der Waals surface area contributed by atoms with E-state index in [0.29, 0.717) is 0 Å². The SMILES string of the molecule is CCCn1ccc(CNCc2cn(CCC)nc2C)n1.Cl. The molecule has 0 fully saturated rings. The molecule has 0 aromatic carbocycles. The second-order valence-corrected chi connectivity index (χ2v) is 5.18. The van der Waals surface area contributed by atoms with Crippen LogP contribution in [0.15, 0.2) is 18.5 Å². The molecule has 2 aromatic heterocycles. The molecule has 0 atom stereocenters. The summed E-state index contributed by atoms with van der Waals surface area (Å²) in [6, 6.07) is 2.08. The lowest BCUT2D eigenvalue weighted by atomic mass is 10.2. The van der Waals surface area contributed by atoms with Gasteiger partial charge in [-0.05, 0) is 25.8 Å². The van der Waals surface area contributed by atoms with Gasteiger partial charge in [0.1, 0.15) is 0 Å². The van der Waals surface area contributed by atoms with E-state index in [2.05, 4.69) is 48.5 Å². The maximum absolute atomic E-state index is 4.52. The summed E-state index contributed by atoms with van der Waals surface area (Å²) in [4.78, 5) is 0. The van der Waals surface area contributed by atoms with Gasteiger partial charge >= 0.3 is 0 Å². The molecule has 2 aromatic rings. The van der Waals surface area contributed by atoms with E-state index in [4.69, 9.17) is 0 Å². The molecule has 1 N–H and O–H groups in total. The Kier molecular flexibility index (Phi) is 7.47. The number of hydrogen-bond acceptors (Lipinski definition) is 3. The Hall–Kier alpha value is -1.33. The smallest absolute Gasteiger partial charge is 0.0762 e. The fraction of sp³-hybridized carbons (Fsp3) is 0.600. The summed E-state index contributed by atoms with van der Waals surface area (Å²) in [6.07, 6.45) is 6.42. The Balaban J connectivity index is 0.00000220. The fourth-order valence-corrected chi connectivity index (χ4v) is 2.25. The molecule has 5 nitrogen and oxygen atoms in total. The van der Waals surface area contributed by atoms with Crippen LogP contribution in [0.1, 0.15) is 43.6 Å².